The molecule has 0 unspecified atom stereocenters. The molecule has 1 heterocycles. The molecule has 1 aliphatic carbocycles. The molecule has 4 nitrogen and oxygen atoms in total. The highest BCUT2D eigenvalue weighted by Gasteiger charge is 2.24. The van der Waals surface area contributed by atoms with Gasteiger partial charge in [0.15, 0.2) is 0 Å². The monoisotopic (exact) mass is 324 g/mol. The van der Waals surface area contributed by atoms with Crippen LogP contribution in [0, 0.1) is 0 Å². The first-order chi connectivity index (χ1) is 11.7. The number of aryl methyl sites for hydroxylation is 1. The summed E-state index contributed by atoms with van der Waals surface area (Å²) in [6, 6.07) is 10.1. The predicted octanol–water partition coefficient (Wildman–Crippen LogP) is 3.56. The van der Waals surface area contributed by atoms with Crippen molar-refractivity contribution in [3.8, 4) is 5.75 Å². The Morgan fingerprint density at radius 1 is 1.38 bits per heavy atom. The Balaban J connectivity index is 1.67. The van der Waals surface area contributed by atoms with Crippen LogP contribution in [0.1, 0.15) is 41.9 Å². The summed E-state index contributed by atoms with van der Waals surface area (Å²) in [7, 11) is 3.56. The maximum absolute atomic E-state index is 12.6. The molecule has 1 atom stereocenters. The van der Waals surface area contributed by atoms with Gasteiger partial charge in [-0.25, -0.2) is 0 Å². The van der Waals surface area contributed by atoms with Crippen molar-refractivity contribution in [2.75, 3.05) is 14.2 Å². The van der Waals surface area contributed by atoms with E-state index in [2.05, 4.69) is 17.1 Å². The quantitative estimate of drug-likeness (QED) is 0.844. The van der Waals surface area contributed by atoms with Crippen LogP contribution in [0.15, 0.2) is 42.7 Å². The van der Waals surface area contributed by atoms with Crippen molar-refractivity contribution in [1.29, 1.82) is 0 Å². The Labute approximate surface area is 143 Å². The first-order valence-electron chi connectivity index (χ1n) is 8.47. The first-order valence-corrected chi connectivity index (χ1v) is 8.47. The molecule has 24 heavy (non-hydrogen) atoms. The van der Waals surface area contributed by atoms with Gasteiger partial charge in [0.1, 0.15) is 5.75 Å². The van der Waals surface area contributed by atoms with E-state index in [-0.39, 0.29) is 5.91 Å². The molecule has 0 spiro atoms. The van der Waals surface area contributed by atoms with Crippen LogP contribution in [-0.4, -0.2) is 29.9 Å². The van der Waals surface area contributed by atoms with E-state index < -0.39 is 0 Å². The maximum atomic E-state index is 12.6. The highest BCUT2D eigenvalue weighted by molar-refractivity contribution is 5.77. The van der Waals surface area contributed by atoms with Crippen LogP contribution in [-0.2, 0) is 17.8 Å². The molecule has 0 radical (unpaired) electrons. The summed E-state index contributed by atoms with van der Waals surface area (Å²) in [6.07, 6.45) is 7.40. The number of hydrogen-bond donors (Lipinski definition) is 0. The first kappa shape index (κ1) is 16.5. The summed E-state index contributed by atoms with van der Waals surface area (Å²) >= 11 is 0. The van der Waals surface area contributed by atoms with Crippen molar-refractivity contribution in [3.63, 3.8) is 0 Å². The van der Waals surface area contributed by atoms with Crippen LogP contribution < -0.4 is 4.74 Å². The lowest BCUT2D eigenvalue weighted by atomic mass is 9.80. The molecule has 0 aliphatic heterocycles. The van der Waals surface area contributed by atoms with E-state index in [1.54, 1.807) is 18.2 Å². The van der Waals surface area contributed by atoms with E-state index >= 15 is 0 Å². The summed E-state index contributed by atoms with van der Waals surface area (Å²) < 4.78 is 5.32. The summed E-state index contributed by atoms with van der Waals surface area (Å²) in [6.45, 7) is 0.606. The second kappa shape index (κ2) is 7.47. The predicted molar refractivity (Wildman–Crippen MR) is 94.0 cm³/mol. The summed E-state index contributed by atoms with van der Waals surface area (Å²) in [4.78, 5) is 18.5. The Hall–Kier alpha value is -2.36. The highest BCUT2D eigenvalue weighted by Crippen LogP contribution is 2.36. The van der Waals surface area contributed by atoms with Gasteiger partial charge in [-0.05, 0) is 60.1 Å². The van der Waals surface area contributed by atoms with Gasteiger partial charge in [-0.15, -0.1) is 0 Å². The van der Waals surface area contributed by atoms with Crippen molar-refractivity contribution >= 4 is 5.91 Å². The van der Waals surface area contributed by atoms with Crippen LogP contribution in [0.2, 0.25) is 0 Å². The average molecular weight is 324 g/mol. The van der Waals surface area contributed by atoms with Gasteiger partial charge in [-0.3, -0.25) is 9.78 Å². The van der Waals surface area contributed by atoms with Gasteiger partial charge >= 0.3 is 0 Å². The van der Waals surface area contributed by atoms with Crippen molar-refractivity contribution in [1.82, 2.24) is 9.88 Å². The van der Waals surface area contributed by atoms with Gasteiger partial charge < -0.3 is 9.64 Å². The van der Waals surface area contributed by atoms with Crippen molar-refractivity contribution in [2.45, 2.75) is 38.1 Å². The number of fused-ring (bicyclic) bond motifs is 1. The molecule has 0 fully saturated rings. The Morgan fingerprint density at radius 3 is 3.00 bits per heavy atom. The minimum Gasteiger partial charge on any atom is -0.497 e. The number of hydrogen-bond acceptors (Lipinski definition) is 3. The number of carbonyl (C=O) groups excluding carboxylic acids is 1. The number of pyridine rings is 1. The Kier molecular flexibility index (Phi) is 5.14. The van der Waals surface area contributed by atoms with Crippen LogP contribution in [0.25, 0.3) is 0 Å². The third-order valence-electron chi connectivity index (χ3n) is 4.78. The Morgan fingerprint density at radius 2 is 2.25 bits per heavy atom. The van der Waals surface area contributed by atoms with E-state index in [1.807, 2.05) is 31.4 Å². The smallest absolute Gasteiger partial charge is 0.223 e. The minimum absolute atomic E-state index is 0.188. The molecular formula is C20H24N2O2. The van der Waals surface area contributed by atoms with Crippen LogP contribution >= 0.6 is 0 Å². The largest absolute Gasteiger partial charge is 0.497 e. The van der Waals surface area contributed by atoms with Gasteiger partial charge in [0.2, 0.25) is 5.91 Å². The molecule has 0 saturated heterocycles. The van der Waals surface area contributed by atoms with E-state index in [9.17, 15) is 4.79 Å². The number of nitrogens with zero attached hydrogens (tertiary/aromatic N) is 2. The van der Waals surface area contributed by atoms with Gasteiger partial charge in [-0.2, -0.15) is 0 Å². The van der Waals surface area contributed by atoms with E-state index in [1.165, 1.54) is 11.1 Å². The zero-order chi connectivity index (χ0) is 16.9. The van der Waals surface area contributed by atoms with E-state index in [0.29, 0.717) is 18.9 Å². The molecule has 3 rings (SSSR count). The second-order valence-corrected chi connectivity index (χ2v) is 6.47. The van der Waals surface area contributed by atoms with Gasteiger partial charge in [-0.1, -0.05) is 12.1 Å². The molecule has 0 N–H and O–H groups in total. The number of methoxy groups -OCH3 is 1. The molecule has 1 aromatic heterocycles. The molecule has 2 aromatic rings. The molecular weight excluding hydrogens is 300 g/mol. The highest BCUT2D eigenvalue weighted by atomic mass is 16.5. The molecule has 126 valence electrons. The maximum Gasteiger partial charge on any atom is 0.223 e. The standard InChI is InChI=1S/C20H24N2O2/c1-22(14-15-5-4-10-21-13-15)20(23)12-17-7-3-6-16-11-18(24-2)8-9-19(16)17/h4-5,8-11,13,17H,3,6-7,12,14H2,1-2H3/t17-/m1/s1. The number of aromatic nitrogens is 1. The van der Waals surface area contributed by atoms with Crippen LogP contribution in [0.4, 0.5) is 0 Å². The zero-order valence-corrected chi connectivity index (χ0v) is 14.4. The SMILES string of the molecule is COc1ccc2c(c1)CCC[C@@H]2CC(=O)N(C)Cc1cccnc1. The van der Waals surface area contributed by atoms with E-state index in [4.69, 9.17) is 4.74 Å². The summed E-state index contributed by atoms with van der Waals surface area (Å²) in [5.74, 6) is 1.39. The van der Waals surface area contributed by atoms with Gasteiger partial charge in [0.05, 0.1) is 7.11 Å². The fourth-order valence-corrected chi connectivity index (χ4v) is 3.45. The van der Waals surface area contributed by atoms with Crippen molar-refractivity contribution < 1.29 is 9.53 Å². The lowest BCUT2D eigenvalue weighted by Gasteiger charge is -2.27. The lowest BCUT2D eigenvalue weighted by molar-refractivity contribution is -0.130. The third-order valence-corrected chi connectivity index (χ3v) is 4.78. The summed E-state index contributed by atoms with van der Waals surface area (Å²) in [5, 5.41) is 0. The third kappa shape index (κ3) is 3.75. The fraction of sp³-hybridized carbons (Fsp3) is 0.400. The molecule has 4 heteroatoms. The summed E-state index contributed by atoms with van der Waals surface area (Å²) in [5.41, 5.74) is 3.70. The number of rotatable bonds is 5. The molecule has 0 saturated carbocycles. The van der Waals surface area contributed by atoms with Crippen molar-refractivity contribution in [2.24, 2.45) is 0 Å². The topological polar surface area (TPSA) is 42.4 Å². The zero-order valence-electron chi connectivity index (χ0n) is 14.4. The number of amides is 1. The van der Waals surface area contributed by atoms with Gasteiger partial charge in [0, 0.05) is 32.4 Å². The molecule has 1 aliphatic rings. The van der Waals surface area contributed by atoms with Crippen molar-refractivity contribution in [3.05, 3.63) is 59.4 Å². The van der Waals surface area contributed by atoms with Crippen LogP contribution in [0.3, 0.4) is 0 Å². The molecule has 1 amide bonds. The average Bonchev–Trinajstić information content (AvgIpc) is 2.62. The van der Waals surface area contributed by atoms with Crippen LogP contribution in [0.5, 0.6) is 5.75 Å². The lowest BCUT2D eigenvalue weighted by Crippen LogP contribution is -2.28. The fourth-order valence-electron chi connectivity index (χ4n) is 3.45. The minimum atomic E-state index is 0.188. The Bertz CT molecular complexity index is 700. The number of benzene rings is 1. The normalized spacial score (nSPS) is 16.3. The van der Waals surface area contributed by atoms with Gasteiger partial charge in [0.25, 0.3) is 0 Å². The van der Waals surface area contributed by atoms with E-state index in [0.717, 1.165) is 30.6 Å². The molecule has 1 aromatic carbocycles. The second-order valence-electron chi connectivity index (χ2n) is 6.47. The number of carbonyl (C=O) groups is 1. The number of ether oxygens (including phenoxy) is 1. The molecule has 0 bridgehead atoms.